The van der Waals surface area contributed by atoms with Crippen molar-refractivity contribution in [1.82, 2.24) is 0 Å². The molecule has 0 amide bonds. The molecule has 1 unspecified atom stereocenters. The Morgan fingerprint density at radius 2 is 2.12 bits per heavy atom. The van der Waals surface area contributed by atoms with Gasteiger partial charge in [0, 0.05) is 13.1 Å². The van der Waals surface area contributed by atoms with Gasteiger partial charge in [0.2, 0.25) is 0 Å². The summed E-state index contributed by atoms with van der Waals surface area (Å²) in [6.45, 7) is 6.60. The third-order valence-electron chi connectivity index (χ3n) is 3.69. The van der Waals surface area contributed by atoms with Crippen LogP contribution in [0.4, 0.5) is 5.69 Å². The van der Waals surface area contributed by atoms with Crippen molar-refractivity contribution >= 4 is 5.69 Å². The fourth-order valence-corrected chi connectivity index (χ4v) is 2.66. The first-order valence-corrected chi connectivity index (χ1v) is 6.47. The summed E-state index contributed by atoms with van der Waals surface area (Å²) in [4.78, 5) is 2.40. The van der Waals surface area contributed by atoms with Crippen LogP contribution >= 0.6 is 0 Å². The number of aryl methyl sites for hydroxylation is 1. The number of nitriles is 1. The number of anilines is 1. The maximum absolute atomic E-state index is 9.22. The molecule has 0 aliphatic carbocycles. The van der Waals surface area contributed by atoms with Crippen LogP contribution in [0.5, 0.6) is 0 Å². The van der Waals surface area contributed by atoms with E-state index < -0.39 is 0 Å². The van der Waals surface area contributed by atoms with E-state index in [4.69, 9.17) is 0 Å². The van der Waals surface area contributed by atoms with Gasteiger partial charge in [-0.05, 0) is 43.7 Å². The zero-order valence-electron chi connectivity index (χ0n) is 10.7. The Hall–Kier alpha value is -1.49. The van der Waals surface area contributed by atoms with E-state index in [-0.39, 0.29) is 0 Å². The van der Waals surface area contributed by atoms with Gasteiger partial charge in [0.1, 0.15) is 6.07 Å². The predicted octanol–water partition coefficient (Wildman–Crippen LogP) is 3.49. The SMILES string of the molecule is Cc1cccc(C#N)c1N1CCCC(C)CC1. The van der Waals surface area contributed by atoms with Crippen LogP contribution in [-0.4, -0.2) is 13.1 Å². The first kappa shape index (κ1) is 12.0. The highest BCUT2D eigenvalue weighted by molar-refractivity contribution is 5.64. The number of benzene rings is 1. The molecule has 0 saturated carbocycles. The van der Waals surface area contributed by atoms with Crippen molar-refractivity contribution in [3.8, 4) is 6.07 Å². The molecule has 1 fully saturated rings. The molecule has 1 atom stereocenters. The van der Waals surface area contributed by atoms with E-state index >= 15 is 0 Å². The average molecular weight is 228 g/mol. The number of rotatable bonds is 1. The second kappa shape index (κ2) is 5.23. The summed E-state index contributed by atoms with van der Waals surface area (Å²) in [6.07, 6.45) is 3.78. The van der Waals surface area contributed by atoms with Gasteiger partial charge in [0.05, 0.1) is 11.3 Å². The van der Waals surface area contributed by atoms with Crippen molar-refractivity contribution in [1.29, 1.82) is 5.26 Å². The summed E-state index contributed by atoms with van der Waals surface area (Å²) in [5.41, 5.74) is 3.20. The highest BCUT2D eigenvalue weighted by atomic mass is 15.1. The highest BCUT2D eigenvalue weighted by Gasteiger charge is 2.17. The minimum absolute atomic E-state index is 0.814. The Morgan fingerprint density at radius 3 is 2.88 bits per heavy atom. The molecule has 1 aromatic carbocycles. The standard InChI is InChI=1S/C15H20N2/c1-12-5-4-9-17(10-8-12)15-13(2)6-3-7-14(15)11-16/h3,6-7,12H,4-5,8-10H2,1-2H3. The molecule has 0 bridgehead atoms. The van der Waals surface area contributed by atoms with Gasteiger partial charge < -0.3 is 4.90 Å². The van der Waals surface area contributed by atoms with Crippen molar-refractivity contribution in [2.45, 2.75) is 33.1 Å². The topological polar surface area (TPSA) is 27.0 Å². The van der Waals surface area contributed by atoms with Gasteiger partial charge in [0.25, 0.3) is 0 Å². The molecule has 2 rings (SSSR count). The van der Waals surface area contributed by atoms with Crippen LogP contribution in [0.1, 0.15) is 37.3 Å². The largest absolute Gasteiger partial charge is 0.370 e. The average Bonchev–Trinajstić information content (AvgIpc) is 2.54. The van der Waals surface area contributed by atoms with Crippen molar-refractivity contribution < 1.29 is 0 Å². The minimum Gasteiger partial charge on any atom is -0.370 e. The Balaban J connectivity index is 2.30. The molecule has 0 spiro atoms. The lowest BCUT2D eigenvalue weighted by Gasteiger charge is -2.25. The molecule has 1 aromatic rings. The quantitative estimate of drug-likeness (QED) is 0.735. The van der Waals surface area contributed by atoms with Crippen molar-refractivity contribution in [2.75, 3.05) is 18.0 Å². The smallest absolute Gasteiger partial charge is 0.101 e. The Bertz CT molecular complexity index is 431. The zero-order chi connectivity index (χ0) is 12.3. The van der Waals surface area contributed by atoms with Crippen LogP contribution < -0.4 is 4.90 Å². The lowest BCUT2D eigenvalue weighted by Crippen LogP contribution is -2.25. The Labute approximate surface area is 104 Å². The lowest BCUT2D eigenvalue weighted by molar-refractivity contribution is 0.521. The first-order chi connectivity index (χ1) is 8.22. The van der Waals surface area contributed by atoms with Crippen LogP contribution in [0.25, 0.3) is 0 Å². The lowest BCUT2D eigenvalue weighted by atomic mass is 10.0. The fraction of sp³-hybridized carbons (Fsp3) is 0.533. The normalized spacial score (nSPS) is 20.8. The molecular weight excluding hydrogens is 208 g/mol. The van der Waals surface area contributed by atoms with Gasteiger partial charge in [-0.25, -0.2) is 0 Å². The summed E-state index contributed by atoms with van der Waals surface area (Å²) in [5, 5.41) is 9.22. The van der Waals surface area contributed by atoms with Crippen LogP contribution in [-0.2, 0) is 0 Å². The molecule has 90 valence electrons. The van der Waals surface area contributed by atoms with Gasteiger partial charge in [-0.15, -0.1) is 0 Å². The molecule has 0 radical (unpaired) electrons. The summed E-state index contributed by atoms with van der Waals surface area (Å²) >= 11 is 0. The fourth-order valence-electron chi connectivity index (χ4n) is 2.66. The van der Waals surface area contributed by atoms with Gasteiger partial charge in [-0.1, -0.05) is 19.1 Å². The van der Waals surface area contributed by atoms with E-state index in [0.717, 1.165) is 30.3 Å². The van der Waals surface area contributed by atoms with Crippen molar-refractivity contribution in [2.24, 2.45) is 5.92 Å². The van der Waals surface area contributed by atoms with Gasteiger partial charge >= 0.3 is 0 Å². The molecule has 1 saturated heterocycles. The van der Waals surface area contributed by atoms with Crippen molar-refractivity contribution in [3.63, 3.8) is 0 Å². The number of para-hydroxylation sites is 1. The van der Waals surface area contributed by atoms with Gasteiger partial charge in [0.15, 0.2) is 0 Å². The Morgan fingerprint density at radius 1 is 1.29 bits per heavy atom. The summed E-state index contributed by atoms with van der Waals surface area (Å²) in [6, 6.07) is 8.32. The van der Waals surface area contributed by atoms with Crippen LogP contribution in [0, 0.1) is 24.2 Å². The molecule has 0 aromatic heterocycles. The van der Waals surface area contributed by atoms with Crippen LogP contribution in [0.15, 0.2) is 18.2 Å². The van der Waals surface area contributed by atoms with E-state index in [1.165, 1.54) is 24.8 Å². The maximum atomic E-state index is 9.22. The van der Waals surface area contributed by atoms with E-state index in [9.17, 15) is 5.26 Å². The summed E-state index contributed by atoms with van der Waals surface area (Å²) in [5.74, 6) is 0.814. The van der Waals surface area contributed by atoms with E-state index in [0.29, 0.717) is 0 Å². The predicted molar refractivity (Wildman–Crippen MR) is 71.1 cm³/mol. The van der Waals surface area contributed by atoms with Crippen LogP contribution in [0.3, 0.4) is 0 Å². The van der Waals surface area contributed by atoms with Crippen molar-refractivity contribution in [3.05, 3.63) is 29.3 Å². The molecule has 2 heteroatoms. The third-order valence-corrected chi connectivity index (χ3v) is 3.69. The monoisotopic (exact) mass is 228 g/mol. The van der Waals surface area contributed by atoms with E-state index in [1.807, 2.05) is 12.1 Å². The molecule has 2 nitrogen and oxygen atoms in total. The minimum atomic E-state index is 0.814. The molecule has 0 N–H and O–H groups in total. The molecular formula is C15H20N2. The Kier molecular flexibility index (Phi) is 3.68. The molecule has 17 heavy (non-hydrogen) atoms. The second-order valence-corrected chi connectivity index (χ2v) is 5.11. The van der Waals surface area contributed by atoms with Crippen LogP contribution in [0.2, 0.25) is 0 Å². The van der Waals surface area contributed by atoms with E-state index in [2.05, 4.69) is 30.9 Å². The number of hydrogen-bond donors (Lipinski definition) is 0. The van der Waals surface area contributed by atoms with Gasteiger partial charge in [-0.2, -0.15) is 5.26 Å². The van der Waals surface area contributed by atoms with E-state index in [1.54, 1.807) is 0 Å². The highest BCUT2D eigenvalue weighted by Crippen LogP contribution is 2.28. The third kappa shape index (κ3) is 2.61. The van der Waals surface area contributed by atoms with Gasteiger partial charge in [-0.3, -0.25) is 0 Å². The molecule has 1 heterocycles. The molecule has 1 aliphatic heterocycles. The number of hydrogen-bond acceptors (Lipinski definition) is 2. The first-order valence-electron chi connectivity index (χ1n) is 6.47. The maximum Gasteiger partial charge on any atom is 0.101 e. The zero-order valence-corrected chi connectivity index (χ0v) is 10.7. The number of nitrogens with zero attached hydrogens (tertiary/aromatic N) is 2. The second-order valence-electron chi connectivity index (χ2n) is 5.11. The summed E-state index contributed by atoms with van der Waals surface area (Å²) < 4.78 is 0. The summed E-state index contributed by atoms with van der Waals surface area (Å²) in [7, 11) is 0. The molecule has 1 aliphatic rings.